The van der Waals surface area contributed by atoms with Gasteiger partial charge in [-0.2, -0.15) is 0 Å². The van der Waals surface area contributed by atoms with Gasteiger partial charge in [-0.1, -0.05) is 0 Å². The van der Waals surface area contributed by atoms with Gasteiger partial charge in [-0.3, -0.25) is 4.79 Å². The molecule has 0 radical (unpaired) electrons. The number of hydrogen-bond donors (Lipinski definition) is 2. The Labute approximate surface area is 102 Å². The molecule has 17 heavy (non-hydrogen) atoms. The van der Waals surface area contributed by atoms with E-state index in [9.17, 15) is 9.90 Å². The largest absolute Gasteiger partial charge is 0.508 e. The predicted molar refractivity (Wildman–Crippen MR) is 68.2 cm³/mol. The van der Waals surface area contributed by atoms with Crippen molar-refractivity contribution in [3.05, 3.63) is 28.8 Å². The van der Waals surface area contributed by atoms with Crippen LogP contribution in [0.5, 0.6) is 5.75 Å². The van der Waals surface area contributed by atoms with Gasteiger partial charge in [0.25, 0.3) is 0 Å². The molecule has 1 aromatic carbocycles. The van der Waals surface area contributed by atoms with Gasteiger partial charge in [0.05, 0.1) is 0 Å². The Morgan fingerprint density at radius 1 is 1.41 bits per heavy atom. The summed E-state index contributed by atoms with van der Waals surface area (Å²) >= 11 is 0. The van der Waals surface area contributed by atoms with Crippen molar-refractivity contribution in [2.24, 2.45) is 5.73 Å². The number of aromatic hydroxyl groups is 1. The Morgan fingerprint density at radius 2 is 2.06 bits per heavy atom. The maximum Gasteiger partial charge on any atom is 0.164 e. The highest BCUT2D eigenvalue weighted by Crippen LogP contribution is 2.25. The number of ketones is 1. The van der Waals surface area contributed by atoms with E-state index in [1.54, 1.807) is 12.1 Å². The number of nitrogens with two attached hydrogens (primary N) is 1. The van der Waals surface area contributed by atoms with E-state index in [0.717, 1.165) is 11.1 Å². The van der Waals surface area contributed by atoms with Crippen molar-refractivity contribution >= 4 is 5.78 Å². The lowest BCUT2D eigenvalue weighted by atomic mass is 9.97. The Kier molecular flexibility index (Phi) is 4.66. The van der Waals surface area contributed by atoms with Crippen LogP contribution in [0, 0.1) is 6.92 Å². The van der Waals surface area contributed by atoms with E-state index in [1.165, 1.54) is 0 Å². The normalized spacial score (nSPS) is 10.9. The van der Waals surface area contributed by atoms with Crippen LogP contribution >= 0.6 is 0 Å². The van der Waals surface area contributed by atoms with Crippen molar-refractivity contribution in [2.45, 2.75) is 19.9 Å². The summed E-state index contributed by atoms with van der Waals surface area (Å²) in [5, 5.41) is 9.81. The summed E-state index contributed by atoms with van der Waals surface area (Å²) in [5.74, 6) is 0.269. The van der Waals surface area contributed by atoms with Crippen molar-refractivity contribution in [2.75, 3.05) is 20.6 Å². The van der Waals surface area contributed by atoms with Gasteiger partial charge in [-0.25, -0.2) is 0 Å². The first-order valence-corrected chi connectivity index (χ1v) is 5.66. The van der Waals surface area contributed by atoms with E-state index in [2.05, 4.69) is 0 Å². The number of carbonyl (C=O) groups excluding carboxylic acids is 1. The van der Waals surface area contributed by atoms with E-state index >= 15 is 0 Å². The number of Topliss-reactive ketones (excluding diaryl/α,β-unsaturated/α-hetero) is 1. The first-order chi connectivity index (χ1) is 7.97. The first kappa shape index (κ1) is 13.7. The standard InChI is InChI=1S/C13H20N2O2/c1-9-10(13(17)6-7-14)4-5-12(16)11(9)8-15(2)3/h4-5,16H,6-8,14H2,1-3H3. The van der Waals surface area contributed by atoms with Gasteiger partial charge < -0.3 is 15.7 Å². The average molecular weight is 236 g/mol. The lowest BCUT2D eigenvalue weighted by Gasteiger charge is -2.16. The summed E-state index contributed by atoms with van der Waals surface area (Å²) in [6.07, 6.45) is 0.340. The molecule has 0 saturated heterocycles. The van der Waals surface area contributed by atoms with Crippen molar-refractivity contribution in [3.63, 3.8) is 0 Å². The molecule has 3 N–H and O–H groups in total. The minimum Gasteiger partial charge on any atom is -0.508 e. The number of benzene rings is 1. The zero-order chi connectivity index (χ0) is 13.0. The van der Waals surface area contributed by atoms with Gasteiger partial charge in [-0.05, 0) is 45.3 Å². The summed E-state index contributed by atoms with van der Waals surface area (Å²) in [5.41, 5.74) is 7.69. The molecule has 0 aliphatic carbocycles. The molecule has 0 aliphatic heterocycles. The second-order valence-corrected chi connectivity index (χ2v) is 4.44. The van der Waals surface area contributed by atoms with Crippen LogP contribution in [0.25, 0.3) is 0 Å². The number of phenols is 1. The second-order valence-electron chi connectivity index (χ2n) is 4.44. The zero-order valence-corrected chi connectivity index (χ0v) is 10.7. The molecule has 0 amide bonds. The lowest BCUT2D eigenvalue weighted by molar-refractivity contribution is 0.0984. The molecule has 0 saturated carbocycles. The van der Waals surface area contributed by atoms with Crippen molar-refractivity contribution in [1.82, 2.24) is 4.90 Å². The van der Waals surface area contributed by atoms with E-state index in [1.807, 2.05) is 25.9 Å². The van der Waals surface area contributed by atoms with Gasteiger partial charge in [0.1, 0.15) is 5.75 Å². The highest BCUT2D eigenvalue weighted by molar-refractivity contribution is 5.98. The van der Waals surface area contributed by atoms with Crippen molar-refractivity contribution < 1.29 is 9.90 Å². The molecule has 94 valence electrons. The molecule has 0 aromatic heterocycles. The monoisotopic (exact) mass is 236 g/mol. The Bertz CT molecular complexity index is 414. The molecular formula is C13H20N2O2. The van der Waals surface area contributed by atoms with E-state index in [4.69, 9.17) is 5.73 Å². The number of rotatable bonds is 5. The predicted octanol–water partition coefficient (Wildman–Crippen LogP) is 1.29. The van der Waals surface area contributed by atoms with Crippen molar-refractivity contribution in [1.29, 1.82) is 0 Å². The topological polar surface area (TPSA) is 66.6 Å². The fourth-order valence-corrected chi connectivity index (χ4v) is 1.83. The highest BCUT2D eigenvalue weighted by Gasteiger charge is 2.14. The fraction of sp³-hybridized carbons (Fsp3) is 0.462. The summed E-state index contributed by atoms with van der Waals surface area (Å²) in [6.45, 7) is 2.83. The molecule has 1 rings (SSSR count). The van der Waals surface area contributed by atoms with Crippen LogP contribution in [0.1, 0.15) is 27.9 Å². The van der Waals surface area contributed by atoms with Crippen LogP contribution in [0.3, 0.4) is 0 Å². The zero-order valence-electron chi connectivity index (χ0n) is 10.7. The molecule has 4 heteroatoms. The third kappa shape index (κ3) is 3.28. The van der Waals surface area contributed by atoms with Crippen LogP contribution in [0.4, 0.5) is 0 Å². The van der Waals surface area contributed by atoms with Crippen LogP contribution in [-0.2, 0) is 6.54 Å². The summed E-state index contributed by atoms with van der Waals surface area (Å²) in [6, 6.07) is 3.25. The summed E-state index contributed by atoms with van der Waals surface area (Å²) in [7, 11) is 3.85. The fourth-order valence-electron chi connectivity index (χ4n) is 1.83. The molecule has 0 heterocycles. The van der Waals surface area contributed by atoms with E-state index in [-0.39, 0.29) is 11.5 Å². The third-order valence-corrected chi connectivity index (χ3v) is 2.72. The molecule has 1 aromatic rings. The molecular weight excluding hydrogens is 216 g/mol. The molecule has 0 spiro atoms. The number of carbonyl (C=O) groups is 1. The van der Waals surface area contributed by atoms with Gasteiger partial charge in [0.2, 0.25) is 0 Å². The Morgan fingerprint density at radius 3 is 2.59 bits per heavy atom. The quantitative estimate of drug-likeness (QED) is 0.756. The first-order valence-electron chi connectivity index (χ1n) is 5.66. The summed E-state index contributed by atoms with van der Waals surface area (Å²) < 4.78 is 0. The molecule has 0 unspecified atom stereocenters. The smallest absolute Gasteiger partial charge is 0.164 e. The number of hydrogen-bond acceptors (Lipinski definition) is 4. The number of nitrogens with zero attached hydrogens (tertiary/aromatic N) is 1. The maximum absolute atomic E-state index is 11.8. The number of phenolic OH excluding ortho intramolecular Hbond substituents is 1. The van der Waals surface area contributed by atoms with Gasteiger partial charge in [0.15, 0.2) is 5.78 Å². The van der Waals surface area contributed by atoms with Crippen LogP contribution < -0.4 is 5.73 Å². The van der Waals surface area contributed by atoms with E-state index < -0.39 is 0 Å². The Balaban J connectivity index is 3.14. The van der Waals surface area contributed by atoms with Gasteiger partial charge in [-0.15, -0.1) is 0 Å². The van der Waals surface area contributed by atoms with Gasteiger partial charge in [0, 0.05) is 24.1 Å². The van der Waals surface area contributed by atoms with Gasteiger partial charge >= 0.3 is 0 Å². The molecule has 0 fully saturated rings. The molecule has 0 aliphatic rings. The lowest BCUT2D eigenvalue weighted by Crippen LogP contribution is -2.15. The Hall–Kier alpha value is -1.39. The van der Waals surface area contributed by atoms with Crippen LogP contribution in [-0.4, -0.2) is 36.4 Å². The summed E-state index contributed by atoms with van der Waals surface area (Å²) in [4.78, 5) is 13.8. The second kappa shape index (κ2) is 5.80. The minimum absolute atomic E-state index is 0.0324. The molecule has 0 bridgehead atoms. The molecule has 0 atom stereocenters. The molecule has 4 nitrogen and oxygen atoms in total. The van der Waals surface area contributed by atoms with Crippen molar-refractivity contribution in [3.8, 4) is 5.75 Å². The minimum atomic E-state index is 0.0324. The average Bonchev–Trinajstić information content (AvgIpc) is 2.24. The van der Waals surface area contributed by atoms with Crippen LogP contribution in [0.2, 0.25) is 0 Å². The maximum atomic E-state index is 11.8. The SMILES string of the molecule is Cc1c(C(=O)CCN)ccc(O)c1CN(C)C. The van der Waals surface area contributed by atoms with E-state index in [0.29, 0.717) is 25.1 Å². The third-order valence-electron chi connectivity index (χ3n) is 2.72. The van der Waals surface area contributed by atoms with Crippen LogP contribution in [0.15, 0.2) is 12.1 Å². The highest BCUT2D eigenvalue weighted by atomic mass is 16.3.